The number of aromatic nitrogens is 2. The van der Waals surface area contributed by atoms with E-state index in [1.165, 1.54) is 18.7 Å². The van der Waals surface area contributed by atoms with Crippen LogP contribution in [0.3, 0.4) is 0 Å². The standard InChI is InChI=1S/C15H10N2O/c18-15(12-8-16-10-17-9-12)14-7-3-5-11-4-1-2-6-13(11)14/h1-10H. The zero-order valence-electron chi connectivity index (χ0n) is 9.58. The van der Waals surface area contributed by atoms with Crippen molar-refractivity contribution in [2.75, 3.05) is 0 Å². The summed E-state index contributed by atoms with van der Waals surface area (Å²) in [7, 11) is 0. The normalized spacial score (nSPS) is 10.4. The fourth-order valence-electron chi connectivity index (χ4n) is 2.00. The van der Waals surface area contributed by atoms with Crippen LogP contribution in [-0.4, -0.2) is 15.8 Å². The molecule has 0 N–H and O–H groups in total. The number of fused-ring (bicyclic) bond motifs is 1. The van der Waals surface area contributed by atoms with Crippen molar-refractivity contribution in [2.24, 2.45) is 0 Å². The molecule has 3 aromatic rings. The molecule has 0 radical (unpaired) electrons. The second kappa shape index (κ2) is 4.37. The summed E-state index contributed by atoms with van der Waals surface area (Å²) in [5.74, 6) is -0.0487. The Morgan fingerprint density at radius 1 is 0.889 bits per heavy atom. The Balaban J connectivity index is 2.18. The summed E-state index contributed by atoms with van der Waals surface area (Å²) in [6, 6.07) is 13.5. The summed E-state index contributed by atoms with van der Waals surface area (Å²) in [4.78, 5) is 20.1. The summed E-state index contributed by atoms with van der Waals surface area (Å²) in [5, 5.41) is 2.01. The molecule has 0 spiro atoms. The first-order chi connectivity index (χ1) is 8.86. The van der Waals surface area contributed by atoms with Crippen molar-refractivity contribution in [3.63, 3.8) is 0 Å². The van der Waals surface area contributed by atoms with Gasteiger partial charge in [0.15, 0.2) is 5.78 Å². The first kappa shape index (κ1) is 10.6. The first-order valence-electron chi connectivity index (χ1n) is 5.64. The van der Waals surface area contributed by atoms with Crippen molar-refractivity contribution in [1.29, 1.82) is 0 Å². The van der Waals surface area contributed by atoms with Gasteiger partial charge in [-0.15, -0.1) is 0 Å². The average Bonchev–Trinajstić information content (AvgIpc) is 2.47. The van der Waals surface area contributed by atoms with Gasteiger partial charge in [0.25, 0.3) is 0 Å². The molecule has 0 saturated carbocycles. The minimum absolute atomic E-state index is 0.0487. The molecule has 0 aliphatic rings. The van der Waals surface area contributed by atoms with Gasteiger partial charge in [0.2, 0.25) is 0 Å². The number of nitrogens with zero attached hydrogens (tertiary/aromatic N) is 2. The van der Waals surface area contributed by atoms with Gasteiger partial charge >= 0.3 is 0 Å². The zero-order chi connectivity index (χ0) is 12.4. The quantitative estimate of drug-likeness (QED) is 0.640. The number of rotatable bonds is 2. The fourth-order valence-corrected chi connectivity index (χ4v) is 2.00. The van der Waals surface area contributed by atoms with Gasteiger partial charge in [0.1, 0.15) is 6.33 Å². The van der Waals surface area contributed by atoms with Gasteiger partial charge in [-0.3, -0.25) is 4.79 Å². The minimum atomic E-state index is -0.0487. The lowest BCUT2D eigenvalue weighted by Crippen LogP contribution is -2.03. The maximum atomic E-state index is 12.4. The zero-order valence-corrected chi connectivity index (χ0v) is 9.58. The van der Waals surface area contributed by atoms with Gasteiger partial charge in [-0.25, -0.2) is 9.97 Å². The van der Waals surface area contributed by atoms with Crippen molar-refractivity contribution in [1.82, 2.24) is 9.97 Å². The summed E-state index contributed by atoms with van der Waals surface area (Å²) in [6.45, 7) is 0. The number of hydrogen-bond donors (Lipinski definition) is 0. The van der Waals surface area contributed by atoms with E-state index in [0.29, 0.717) is 11.1 Å². The molecule has 0 atom stereocenters. The molecular formula is C15H10N2O. The Hall–Kier alpha value is -2.55. The van der Waals surface area contributed by atoms with E-state index in [0.717, 1.165) is 10.8 Å². The summed E-state index contributed by atoms with van der Waals surface area (Å²) < 4.78 is 0. The highest BCUT2D eigenvalue weighted by atomic mass is 16.1. The van der Waals surface area contributed by atoms with Crippen LogP contribution in [-0.2, 0) is 0 Å². The smallest absolute Gasteiger partial charge is 0.196 e. The molecule has 0 amide bonds. The van der Waals surface area contributed by atoms with E-state index >= 15 is 0 Å². The van der Waals surface area contributed by atoms with Gasteiger partial charge in [-0.2, -0.15) is 0 Å². The Labute approximate surface area is 104 Å². The number of hydrogen-bond acceptors (Lipinski definition) is 3. The van der Waals surface area contributed by atoms with E-state index in [2.05, 4.69) is 9.97 Å². The SMILES string of the molecule is O=C(c1cncnc1)c1cccc2ccccc12. The predicted molar refractivity (Wildman–Crippen MR) is 69.4 cm³/mol. The van der Waals surface area contributed by atoms with Crippen LogP contribution in [0.25, 0.3) is 10.8 Å². The second-order valence-electron chi connectivity index (χ2n) is 3.98. The molecule has 1 aromatic heterocycles. The fraction of sp³-hybridized carbons (Fsp3) is 0. The molecule has 2 aromatic carbocycles. The Kier molecular flexibility index (Phi) is 2.57. The van der Waals surface area contributed by atoms with E-state index < -0.39 is 0 Å². The van der Waals surface area contributed by atoms with E-state index in [1.807, 2.05) is 42.5 Å². The van der Waals surface area contributed by atoms with Gasteiger partial charge in [-0.1, -0.05) is 42.5 Å². The van der Waals surface area contributed by atoms with E-state index in [9.17, 15) is 4.79 Å². The van der Waals surface area contributed by atoms with Crippen LogP contribution in [0.1, 0.15) is 15.9 Å². The van der Waals surface area contributed by atoms with Crippen molar-refractivity contribution >= 4 is 16.6 Å². The number of ketones is 1. The van der Waals surface area contributed by atoms with Crippen LogP contribution < -0.4 is 0 Å². The summed E-state index contributed by atoms with van der Waals surface area (Å²) in [6.07, 6.45) is 4.49. The second-order valence-corrected chi connectivity index (χ2v) is 3.98. The first-order valence-corrected chi connectivity index (χ1v) is 5.64. The number of carbonyl (C=O) groups is 1. The van der Waals surface area contributed by atoms with E-state index in [1.54, 1.807) is 0 Å². The highest BCUT2D eigenvalue weighted by molar-refractivity contribution is 6.16. The molecule has 0 fully saturated rings. The van der Waals surface area contributed by atoms with Gasteiger partial charge in [-0.05, 0) is 10.8 Å². The average molecular weight is 234 g/mol. The molecule has 0 aliphatic heterocycles. The number of benzene rings is 2. The van der Waals surface area contributed by atoms with Gasteiger partial charge < -0.3 is 0 Å². The third-order valence-electron chi connectivity index (χ3n) is 2.86. The lowest BCUT2D eigenvalue weighted by molar-refractivity contribution is 0.103. The molecule has 0 unspecified atom stereocenters. The molecule has 0 saturated heterocycles. The Morgan fingerprint density at radius 3 is 2.44 bits per heavy atom. The van der Waals surface area contributed by atoms with E-state index in [-0.39, 0.29) is 5.78 Å². The molecule has 3 heteroatoms. The Morgan fingerprint density at radius 2 is 1.61 bits per heavy atom. The minimum Gasteiger partial charge on any atom is -0.288 e. The maximum Gasteiger partial charge on any atom is 0.196 e. The van der Waals surface area contributed by atoms with Crippen molar-refractivity contribution < 1.29 is 4.79 Å². The van der Waals surface area contributed by atoms with Crippen LogP contribution in [0.5, 0.6) is 0 Å². The molecular weight excluding hydrogens is 224 g/mol. The maximum absolute atomic E-state index is 12.4. The van der Waals surface area contributed by atoms with Gasteiger partial charge in [0.05, 0.1) is 5.56 Å². The topological polar surface area (TPSA) is 42.9 Å². The van der Waals surface area contributed by atoms with Crippen molar-refractivity contribution in [3.8, 4) is 0 Å². The van der Waals surface area contributed by atoms with Crippen molar-refractivity contribution in [2.45, 2.75) is 0 Å². The molecule has 3 nitrogen and oxygen atoms in total. The van der Waals surface area contributed by atoms with Crippen LogP contribution in [0.15, 0.2) is 61.2 Å². The Bertz CT molecular complexity index is 703. The number of carbonyl (C=O) groups excluding carboxylic acids is 1. The van der Waals surface area contributed by atoms with Crippen LogP contribution in [0, 0.1) is 0 Å². The third-order valence-corrected chi connectivity index (χ3v) is 2.86. The summed E-state index contributed by atoms with van der Waals surface area (Å²) >= 11 is 0. The highest BCUT2D eigenvalue weighted by Crippen LogP contribution is 2.20. The van der Waals surface area contributed by atoms with Gasteiger partial charge in [0, 0.05) is 18.0 Å². The van der Waals surface area contributed by atoms with Crippen LogP contribution >= 0.6 is 0 Å². The predicted octanol–water partition coefficient (Wildman–Crippen LogP) is 2.86. The third kappa shape index (κ3) is 1.76. The van der Waals surface area contributed by atoms with Crippen LogP contribution in [0.4, 0.5) is 0 Å². The van der Waals surface area contributed by atoms with Crippen LogP contribution in [0.2, 0.25) is 0 Å². The molecule has 0 aliphatic carbocycles. The van der Waals surface area contributed by atoms with Crippen molar-refractivity contribution in [3.05, 3.63) is 72.3 Å². The van der Waals surface area contributed by atoms with E-state index in [4.69, 9.17) is 0 Å². The highest BCUT2D eigenvalue weighted by Gasteiger charge is 2.12. The molecule has 0 bridgehead atoms. The monoisotopic (exact) mass is 234 g/mol. The lowest BCUT2D eigenvalue weighted by Gasteiger charge is -2.05. The molecule has 86 valence electrons. The lowest BCUT2D eigenvalue weighted by atomic mass is 9.99. The molecule has 3 rings (SSSR count). The largest absolute Gasteiger partial charge is 0.288 e. The molecule has 18 heavy (non-hydrogen) atoms. The molecule has 1 heterocycles. The summed E-state index contributed by atoms with van der Waals surface area (Å²) in [5.41, 5.74) is 1.19.